The zero-order valence-corrected chi connectivity index (χ0v) is 13.2. The quantitative estimate of drug-likeness (QED) is 0.740. The van der Waals surface area contributed by atoms with E-state index in [1.54, 1.807) is 25.1 Å². The smallest absolute Gasteiger partial charge is 0.387 e. The molecule has 0 saturated carbocycles. The van der Waals surface area contributed by atoms with Crippen LogP contribution in [0.15, 0.2) is 59.0 Å². The molecule has 0 fully saturated rings. The maximum atomic E-state index is 12.5. The molecular weight excluding hydrogens is 330 g/mol. The van der Waals surface area contributed by atoms with E-state index in [2.05, 4.69) is 15.0 Å². The molecule has 0 saturated heterocycles. The van der Waals surface area contributed by atoms with Crippen molar-refractivity contribution in [1.82, 2.24) is 4.98 Å². The number of alkyl halides is 2. The van der Waals surface area contributed by atoms with Crippen LogP contribution in [0.25, 0.3) is 11.5 Å². The highest BCUT2D eigenvalue weighted by Gasteiger charge is 2.20. The normalized spacial score (nSPS) is 10.7. The second kappa shape index (κ2) is 7.12. The molecule has 1 N–H and O–H groups in total. The summed E-state index contributed by atoms with van der Waals surface area (Å²) in [6, 6.07) is 15.0. The number of hydrogen-bond donors (Lipinski definition) is 1. The van der Waals surface area contributed by atoms with Gasteiger partial charge in [0, 0.05) is 5.56 Å². The van der Waals surface area contributed by atoms with Crippen molar-refractivity contribution < 1.29 is 22.7 Å². The standard InChI is InChI=1S/C18H14F2N2O3/c1-11-15(22-17(24-11)12-7-3-2-4-8-12)16(23)21-13-9-5-6-10-14(13)25-18(19)20/h2-10,18H,1H3,(H,21,23). The van der Waals surface area contributed by atoms with Crippen LogP contribution < -0.4 is 10.1 Å². The fourth-order valence-corrected chi connectivity index (χ4v) is 2.26. The Labute approximate surface area is 142 Å². The van der Waals surface area contributed by atoms with Crippen molar-refractivity contribution in [3.05, 3.63) is 66.1 Å². The first-order chi connectivity index (χ1) is 12.0. The van der Waals surface area contributed by atoms with Gasteiger partial charge in [-0.3, -0.25) is 4.79 Å². The van der Waals surface area contributed by atoms with E-state index >= 15 is 0 Å². The molecule has 1 aromatic heterocycles. The third-order valence-corrected chi connectivity index (χ3v) is 3.38. The predicted octanol–water partition coefficient (Wildman–Crippen LogP) is 4.50. The summed E-state index contributed by atoms with van der Waals surface area (Å²) in [6.07, 6.45) is 0. The van der Waals surface area contributed by atoms with Gasteiger partial charge < -0.3 is 14.5 Å². The molecule has 2 aromatic carbocycles. The fourth-order valence-electron chi connectivity index (χ4n) is 2.26. The Morgan fingerprint density at radius 1 is 1.12 bits per heavy atom. The molecule has 0 radical (unpaired) electrons. The van der Waals surface area contributed by atoms with E-state index in [-0.39, 0.29) is 17.1 Å². The highest BCUT2D eigenvalue weighted by molar-refractivity contribution is 6.04. The van der Waals surface area contributed by atoms with E-state index in [0.29, 0.717) is 11.7 Å². The maximum Gasteiger partial charge on any atom is 0.387 e. The Morgan fingerprint density at radius 3 is 2.52 bits per heavy atom. The van der Waals surface area contributed by atoms with Gasteiger partial charge in [0.1, 0.15) is 11.5 Å². The highest BCUT2D eigenvalue weighted by Crippen LogP contribution is 2.27. The minimum atomic E-state index is -2.99. The molecule has 0 aliphatic rings. The van der Waals surface area contributed by atoms with Crippen LogP contribution in [0.2, 0.25) is 0 Å². The molecule has 0 aliphatic carbocycles. The number of hydrogen-bond acceptors (Lipinski definition) is 4. The number of benzene rings is 2. The van der Waals surface area contributed by atoms with Crippen LogP contribution >= 0.6 is 0 Å². The number of para-hydroxylation sites is 2. The Hall–Kier alpha value is -3.22. The molecule has 3 aromatic rings. The van der Waals surface area contributed by atoms with E-state index in [0.717, 1.165) is 5.56 Å². The Bertz CT molecular complexity index is 879. The Kier molecular flexibility index (Phi) is 4.74. The topological polar surface area (TPSA) is 64.4 Å². The zero-order chi connectivity index (χ0) is 17.8. The van der Waals surface area contributed by atoms with Crippen LogP contribution in [0.1, 0.15) is 16.2 Å². The van der Waals surface area contributed by atoms with E-state index in [1.807, 2.05) is 18.2 Å². The predicted molar refractivity (Wildman–Crippen MR) is 87.7 cm³/mol. The molecule has 128 valence electrons. The molecule has 5 nitrogen and oxygen atoms in total. The average molecular weight is 344 g/mol. The molecule has 1 amide bonds. The number of nitrogens with one attached hydrogen (secondary N) is 1. The van der Waals surface area contributed by atoms with Crippen LogP contribution in [-0.2, 0) is 0 Å². The fraction of sp³-hybridized carbons (Fsp3) is 0.111. The largest absolute Gasteiger partial charge is 0.441 e. The van der Waals surface area contributed by atoms with Crippen molar-refractivity contribution in [2.75, 3.05) is 5.32 Å². The van der Waals surface area contributed by atoms with E-state index < -0.39 is 12.5 Å². The molecule has 0 unspecified atom stereocenters. The number of nitrogens with zero attached hydrogens (tertiary/aromatic N) is 1. The van der Waals surface area contributed by atoms with E-state index in [1.165, 1.54) is 18.2 Å². The molecule has 25 heavy (non-hydrogen) atoms. The number of anilines is 1. The van der Waals surface area contributed by atoms with Crippen LogP contribution in [0.4, 0.5) is 14.5 Å². The van der Waals surface area contributed by atoms with Gasteiger partial charge >= 0.3 is 6.61 Å². The summed E-state index contributed by atoms with van der Waals surface area (Å²) in [5.74, 6) is -0.0759. The molecular formula is C18H14F2N2O3. The van der Waals surface area contributed by atoms with Gasteiger partial charge in [0.15, 0.2) is 5.69 Å². The highest BCUT2D eigenvalue weighted by atomic mass is 19.3. The summed E-state index contributed by atoms with van der Waals surface area (Å²) < 4.78 is 34.8. The van der Waals surface area contributed by atoms with E-state index in [9.17, 15) is 13.6 Å². The molecule has 7 heteroatoms. The lowest BCUT2D eigenvalue weighted by Crippen LogP contribution is -2.15. The van der Waals surface area contributed by atoms with Crippen LogP contribution in [0.3, 0.4) is 0 Å². The second-order valence-corrected chi connectivity index (χ2v) is 5.12. The minimum Gasteiger partial charge on any atom is -0.441 e. The number of carbonyl (C=O) groups excluding carboxylic acids is 1. The summed E-state index contributed by atoms with van der Waals surface area (Å²) >= 11 is 0. The number of amides is 1. The Balaban J connectivity index is 1.84. The number of aryl methyl sites for hydroxylation is 1. The molecule has 1 heterocycles. The van der Waals surface area contributed by atoms with Gasteiger partial charge in [-0.15, -0.1) is 0 Å². The first kappa shape index (κ1) is 16.6. The minimum absolute atomic E-state index is 0.0747. The number of aromatic nitrogens is 1. The van der Waals surface area contributed by atoms with E-state index in [4.69, 9.17) is 4.42 Å². The average Bonchev–Trinajstić information content (AvgIpc) is 2.99. The van der Waals surface area contributed by atoms with Gasteiger partial charge in [0.2, 0.25) is 5.89 Å². The van der Waals surface area contributed by atoms with Crippen LogP contribution in [-0.4, -0.2) is 17.5 Å². The molecule has 3 rings (SSSR count). The van der Waals surface area contributed by atoms with Crippen molar-refractivity contribution in [3.63, 3.8) is 0 Å². The van der Waals surface area contributed by atoms with Crippen LogP contribution in [0, 0.1) is 6.92 Å². The van der Waals surface area contributed by atoms with Gasteiger partial charge in [-0.25, -0.2) is 4.98 Å². The molecule has 0 bridgehead atoms. The first-order valence-electron chi connectivity index (χ1n) is 7.42. The zero-order valence-electron chi connectivity index (χ0n) is 13.2. The van der Waals surface area contributed by atoms with Crippen molar-refractivity contribution >= 4 is 11.6 Å². The third-order valence-electron chi connectivity index (χ3n) is 3.38. The maximum absolute atomic E-state index is 12.5. The van der Waals surface area contributed by atoms with Gasteiger partial charge in [-0.1, -0.05) is 30.3 Å². The number of rotatable bonds is 5. The van der Waals surface area contributed by atoms with Gasteiger partial charge in [0.25, 0.3) is 5.91 Å². The third kappa shape index (κ3) is 3.82. The lowest BCUT2D eigenvalue weighted by molar-refractivity contribution is -0.0493. The Morgan fingerprint density at radius 2 is 1.80 bits per heavy atom. The number of oxazole rings is 1. The number of carbonyl (C=O) groups is 1. The molecule has 0 aliphatic heterocycles. The summed E-state index contributed by atoms with van der Waals surface area (Å²) in [4.78, 5) is 16.6. The number of halogens is 2. The lowest BCUT2D eigenvalue weighted by atomic mass is 10.2. The monoisotopic (exact) mass is 344 g/mol. The summed E-state index contributed by atoms with van der Waals surface area (Å²) in [7, 11) is 0. The van der Waals surface area contributed by atoms with Crippen molar-refractivity contribution in [3.8, 4) is 17.2 Å². The summed E-state index contributed by atoms with van der Waals surface area (Å²) in [6.45, 7) is -1.38. The second-order valence-electron chi connectivity index (χ2n) is 5.12. The van der Waals surface area contributed by atoms with Gasteiger partial charge in [0.05, 0.1) is 5.69 Å². The summed E-state index contributed by atoms with van der Waals surface area (Å²) in [5, 5.41) is 2.52. The molecule has 0 atom stereocenters. The molecule has 0 spiro atoms. The van der Waals surface area contributed by atoms with Crippen molar-refractivity contribution in [2.45, 2.75) is 13.5 Å². The van der Waals surface area contributed by atoms with Gasteiger partial charge in [-0.05, 0) is 31.2 Å². The lowest BCUT2D eigenvalue weighted by Gasteiger charge is -2.10. The summed E-state index contributed by atoms with van der Waals surface area (Å²) in [5.41, 5.74) is 0.924. The number of ether oxygens (including phenoxy) is 1. The first-order valence-corrected chi connectivity index (χ1v) is 7.42. The SMILES string of the molecule is Cc1oc(-c2ccccc2)nc1C(=O)Nc1ccccc1OC(F)F. The van der Waals surface area contributed by atoms with Gasteiger partial charge in [-0.2, -0.15) is 8.78 Å². The van der Waals surface area contributed by atoms with Crippen molar-refractivity contribution in [2.24, 2.45) is 0 Å². The van der Waals surface area contributed by atoms with Crippen molar-refractivity contribution in [1.29, 1.82) is 0 Å². The van der Waals surface area contributed by atoms with Crippen LogP contribution in [0.5, 0.6) is 5.75 Å².